The molecule has 4 rings (SSSR count). The van der Waals surface area contributed by atoms with Crippen molar-refractivity contribution in [2.45, 2.75) is 32.9 Å². The van der Waals surface area contributed by atoms with Crippen LogP contribution in [0.25, 0.3) is 0 Å². The number of fused-ring (bicyclic) bond motifs is 1. The number of aromatic nitrogens is 2. The van der Waals surface area contributed by atoms with Crippen LogP contribution in [-0.2, 0) is 24.3 Å². The first-order valence-electron chi connectivity index (χ1n) is 10.0. The first-order valence-corrected chi connectivity index (χ1v) is 10.0. The van der Waals surface area contributed by atoms with Crippen molar-refractivity contribution in [1.29, 1.82) is 0 Å². The van der Waals surface area contributed by atoms with Crippen molar-refractivity contribution in [3.63, 3.8) is 0 Å². The van der Waals surface area contributed by atoms with Crippen LogP contribution in [0.15, 0.2) is 59.5 Å². The number of benzene rings is 1. The number of furan rings is 1. The van der Waals surface area contributed by atoms with Gasteiger partial charge in [0.2, 0.25) is 5.91 Å². The van der Waals surface area contributed by atoms with E-state index >= 15 is 0 Å². The molecule has 0 N–H and O–H groups in total. The van der Waals surface area contributed by atoms with E-state index in [4.69, 9.17) is 4.42 Å². The van der Waals surface area contributed by atoms with Gasteiger partial charge in [0.1, 0.15) is 11.5 Å². The summed E-state index contributed by atoms with van der Waals surface area (Å²) >= 11 is 0. The van der Waals surface area contributed by atoms with Gasteiger partial charge in [0.25, 0.3) is 5.91 Å². The Bertz CT molecular complexity index is 1020. The predicted octanol–water partition coefficient (Wildman–Crippen LogP) is 3.00. The minimum atomic E-state index is -0.268. The van der Waals surface area contributed by atoms with E-state index in [9.17, 15) is 9.59 Å². The van der Waals surface area contributed by atoms with Crippen LogP contribution in [-0.4, -0.2) is 44.7 Å². The van der Waals surface area contributed by atoms with Crippen molar-refractivity contribution in [3.8, 4) is 0 Å². The first-order chi connectivity index (χ1) is 14.6. The molecule has 3 aromatic rings. The fourth-order valence-electron chi connectivity index (χ4n) is 3.61. The first kappa shape index (κ1) is 19.8. The van der Waals surface area contributed by atoms with E-state index in [2.05, 4.69) is 22.1 Å². The number of hydrogen-bond donors (Lipinski definition) is 0. The van der Waals surface area contributed by atoms with Gasteiger partial charge in [-0.1, -0.05) is 24.3 Å². The largest absolute Gasteiger partial charge is 0.467 e. The lowest BCUT2D eigenvalue weighted by Gasteiger charge is -2.30. The number of amides is 2. The molecule has 1 aliphatic rings. The molecule has 1 aliphatic heterocycles. The van der Waals surface area contributed by atoms with Gasteiger partial charge >= 0.3 is 0 Å². The van der Waals surface area contributed by atoms with Crippen molar-refractivity contribution in [1.82, 2.24) is 19.8 Å². The third kappa shape index (κ3) is 4.56. The monoisotopic (exact) mass is 404 g/mol. The van der Waals surface area contributed by atoms with Gasteiger partial charge < -0.3 is 14.2 Å². The minimum absolute atomic E-state index is 0.0386. The molecule has 2 aromatic heterocycles. The van der Waals surface area contributed by atoms with Crippen LogP contribution in [0.4, 0.5) is 0 Å². The molecule has 3 heterocycles. The molecule has 0 atom stereocenters. The zero-order valence-corrected chi connectivity index (χ0v) is 17.0. The lowest BCUT2D eigenvalue weighted by Crippen LogP contribution is -2.39. The average Bonchev–Trinajstić information content (AvgIpc) is 3.29. The second-order valence-corrected chi connectivity index (χ2v) is 7.43. The van der Waals surface area contributed by atoms with Gasteiger partial charge in [-0.25, -0.2) is 4.98 Å². The molecule has 0 saturated carbocycles. The van der Waals surface area contributed by atoms with Gasteiger partial charge in [0.05, 0.1) is 24.7 Å². The molecular weight excluding hydrogens is 380 g/mol. The molecule has 30 heavy (non-hydrogen) atoms. The summed E-state index contributed by atoms with van der Waals surface area (Å²) in [7, 11) is 0. The Morgan fingerprint density at radius 2 is 1.93 bits per heavy atom. The second-order valence-electron chi connectivity index (χ2n) is 7.43. The molecule has 0 aliphatic carbocycles. The van der Waals surface area contributed by atoms with Gasteiger partial charge in [-0.3, -0.25) is 14.6 Å². The number of nitrogens with zero attached hydrogens (tertiary/aromatic N) is 4. The third-order valence-electron chi connectivity index (χ3n) is 5.29. The van der Waals surface area contributed by atoms with Gasteiger partial charge in [0.15, 0.2) is 0 Å². The topological polar surface area (TPSA) is 79.5 Å². The Morgan fingerprint density at radius 3 is 2.67 bits per heavy atom. The van der Waals surface area contributed by atoms with Gasteiger partial charge in [0, 0.05) is 32.3 Å². The lowest BCUT2D eigenvalue weighted by molar-refractivity contribution is -0.132. The van der Waals surface area contributed by atoms with E-state index < -0.39 is 0 Å². The summed E-state index contributed by atoms with van der Waals surface area (Å²) in [6.07, 6.45) is 5.70. The highest BCUT2D eigenvalue weighted by Crippen LogP contribution is 2.19. The van der Waals surface area contributed by atoms with Crippen LogP contribution in [0.3, 0.4) is 0 Å². The van der Waals surface area contributed by atoms with Crippen LogP contribution in [0.2, 0.25) is 0 Å². The van der Waals surface area contributed by atoms with Crippen LogP contribution in [0.1, 0.15) is 39.5 Å². The van der Waals surface area contributed by atoms with E-state index in [1.54, 1.807) is 23.4 Å². The summed E-state index contributed by atoms with van der Waals surface area (Å²) in [5.41, 5.74) is 3.49. The highest BCUT2D eigenvalue weighted by Gasteiger charge is 2.24. The minimum Gasteiger partial charge on any atom is -0.467 e. The number of rotatable bonds is 6. The van der Waals surface area contributed by atoms with Crippen LogP contribution < -0.4 is 0 Å². The van der Waals surface area contributed by atoms with Gasteiger partial charge in [-0.2, -0.15) is 0 Å². The smallest absolute Gasteiger partial charge is 0.274 e. The number of carbonyl (C=O) groups excluding carboxylic acids is 2. The molecule has 0 spiro atoms. The van der Waals surface area contributed by atoms with E-state index in [-0.39, 0.29) is 37.0 Å². The summed E-state index contributed by atoms with van der Waals surface area (Å²) in [5.74, 6) is 0.426. The van der Waals surface area contributed by atoms with Crippen molar-refractivity contribution in [2.24, 2.45) is 0 Å². The Balaban J connectivity index is 1.43. The Kier molecular flexibility index (Phi) is 5.88. The van der Waals surface area contributed by atoms with Crippen LogP contribution in [0.5, 0.6) is 0 Å². The zero-order chi connectivity index (χ0) is 20.9. The SMILES string of the molecule is Cc1cnc(C(=O)N(CCC(=O)N2CCc3ccccc3C2)Cc2ccco2)cn1. The maximum Gasteiger partial charge on any atom is 0.274 e. The summed E-state index contributed by atoms with van der Waals surface area (Å²) in [6, 6.07) is 11.8. The normalized spacial score (nSPS) is 13.0. The molecule has 1 aromatic carbocycles. The Hall–Kier alpha value is -3.48. The highest BCUT2D eigenvalue weighted by molar-refractivity contribution is 5.92. The zero-order valence-electron chi connectivity index (χ0n) is 17.0. The predicted molar refractivity (Wildman–Crippen MR) is 110 cm³/mol. The molecular formula is C23H24N4O3. The van der Waals surface area contributed by atoms with Crippen molar-refractivity contribution in [2.75, 3.05) is 13.1 Å². The van der Waals surface area contributed by atoms with Crippen LogP contribution >= 0.6 is 0 Å². The number of hydrogen-bond acceptors (Lipinski definition) is 5. The van der Waals surface area contributed by atoms with Gasteiger partial charge in [-0.05, 0) is 36.6 Å². The Morgan fingerprint density at radius 1 is 1.10 bits per heavy atom. The standard InChI is InChI=1S/C23H24N4O3/c1-17-13-25-21(14-24-17)23(29)27(16-20-7-4-12-30-20)11-9-22(28)26-10-8-18-5-2-3-6-19(18)15-26/h2-7,12-14H,8-11,15-16H2,1H3. The summed E-state index contributed by atoms with van der Waals surface area (Å²) in [4.78, 5) is 37.7. The highest BCUT2D eigenvalue weighted by atomic mass is 16.3. The molecule has 0 saturated heterocycles. The van der Waals surface area contributed by atoms with Gasteiger partial charge in [-0.15, -0.1) is 0 Å². The summed E-state index contributed by atoms with van der Waals surface area (Å²) in [5, 5.41) is 0. The van der Waals surface area contributed by atoms with Crippen LogP contribution in [0, 0.1) is 6.92 Å². The third-order valence-corrected chi connectivity index (χ3v) is 5.29. The second kappa shape index (κ2) is 8.90. The molecule has 7 nitrogen and oxygen atoms in total. The van der Waals surface area contributed by atoms with E-state index in [0.717, 1.165) is 12.1 Å². The maximum absolute atomic E-state index is 13.0. The molecule has 7 heteroatoms. The molecule has 0 fully saturated rings. The average molecular weight is 404 g/mol. The summed E-state index contributed by atoms with van der Waals surface area (Å²) < 4.78 is 5.41. The Labute approximate surface area is 175 Å². The van der Waals surface area contributed by atoms with Crippen molar-refractivity contribution < 1.29 is 14.0 Å². The van der Waals surface area contributed by atoms with Crippen molar-refractivity contribution in [3.05, 3.63) is 83.3 Å². The van der Waals surface area contributed by atoms with Crippen molar-refractivity contribution >= 4 is 11.8 Å². The molecule has 2 amide bonds. The van der Waals surface area contributed by atoms with E-state index in [0.29, 0.717) is 18.8 Å². The molecule has 0 unspecified atom stereocenters. The van der Waals surface area contributed by atoms with E-state index in [1.807, 2.05) is 30.0 Å². The lowest BCUT2D eigenvalue weighted by atomic mass is 10.00. The van der Waals surface area contributed by atoms with E-state index in [1.165, 1.54) is 17.3 Å². The molecule has 0 radical (unpaired) electrons. The number of carbonyl (C=O) groups is 2. The molecule has 0 bridgehead atoms. The number of aryl methyl sites for hydroxylation is 1. The molecule has 154 valence electrons. The quantitative estimate of drug-likeness (QED) is 0.631. The maximum atomic E-state index is 13.0. The fourth-order valence-corrected chi connectivity index (χ4v) is 3.61. The fraction of sp³-hybridized carbons (Fsp3) is 0.304. The summed E-state index contributed by atoms with van der Waals surface area (Å²) in [6.45, 7) is 3.69.